The minimum absolute atomic E-state index is 1.11. The number of hydrogen-bond acceptors (Lipinski definition) is 2. The van der Waals surface area contributed by atoms with Gasteiger partial charge < -0.3 is 9.67 Å². The second kappa shape index (κ2) is 9.82. The lowest BCUT2D eigenvalue weighted by atomic mass is 10.2. The molecule has 0 atom stereocenters. The lowest BCUT2D eigenvalue weighted by Gasteiger charge is -2.00. The van der Waals surface area contributed by atoms with Gasteiger partial charge in [-0.25, -0.2) is 9.78 Å². The van der Waals surface area contributed by atoms with Crippen LogP contribution in [-0.2, 0) is 11.3 Å². The van der Waals surface area contributed by atoms with E-state index in [1.165, 1.54) is 25.7 Å². The third kappa shape index (κ3) is 10.5. The van der Waals surface area contributed by atoms with Crippen molar-refractivity contribution in [2.75, 3.05) is 5.33 Å². The van der Waals surface area contributed by atoms with E-state index in [1.54, 1.807) is 0 Å². The summed E-state index contributed by atoms with van der Waals surface area (Å²) in [5, 5.41) is 8.26. The van der Waals surface area contributed by atoms with Gasteiger partial charge in [-0.15, -0.1) is 0 Å². The number of carboxylic acid groups (broad SMARTS) is 1. The maximum absolute atomic E-state index is 10.6. The Morgan fingerprint density at radius 1 is 1.26 bits per heavy atom. The molecule has 110 valence electrons. The predicted octanol–water partition coefficient (Wildman–Crippen LogP) is 3.47. The van der Waals surface area contributed by atoms with Crippen molar-refractivity contribution in [1.29, 1.82) is 0 Å². The van der Waals surface area contributed by atoms with Gasteiger partial charge in [-0.05, 0) is 12.8 Å². The van der Waals surface area contributed by atoms with Crippen LogP contribution in [0, 0.1) is 0 Å². The number of carboxylic acids is 1. The fourth-order valence-electron chi connectivity index (χ4n) is 1.16. The maximum Gasteiger partial charge on any atom is 0.490 e. The molecule has 0 aliphatic heterocycles. The molecule has 0 aliphatic carbocycles. The fraction of sp³-hybridized carbons (Fsp3) is 0.636. The van der Waals surface area contributed by atoms with Crippen LogP contribution in [0.2, 0.25) is 0 Å². The minimum atomic E-state index is -5.08. The molecule has 1 N–H and O–H groups in total. The molecule has 0 radical (unpaired) electrons. The number of hydrogen-bond donors (Lipinski definition) is 1. The lowest BCUT2D eigenvalue weighted by molar-refractivity contribution is -0.192. The normalized spacial score (nSPS) is 10.7. The Balaban J connectivity index is 0.000000399. The maximum atomic E-state index is 10.6. The number of aromatic nitrogens is 2. The third-order valence-electron chi connectivity index (χ3n) is 2.10. The summed E-state index contributed by atoms with van der Waals surface area (Å²) in [5.74, 6) is -2.76. The van der Waals surface area contributed by atoms with Gasteiger partial charge in [0, 0.05) is 24.3 Å². The molecule has 19 heavy (non-hydrogen) atoms. The summed E-state index contributed by atoms with van der Waals surface area (Å²) in [6.07, 6.45) is 5.87. The largest absolute Gasteiger partial charge is 0.490 e. The van der Waals surface area contributed by atoms with Gasteiger partial charge in [0.2, 0.25) is 0 Å². The van der Waals surface area contributed by atoms with E-state index in [9.17, 15) is 13.2 Å². The SMILES string of the molecule is BrCCCCCCn1ccnc1.O=C(O)C(F)(F)F. The summed E-state index contributed by atoms with van der Waals surface area (Å²) in [5.41, 5.74) is 0. The highest BCUT2D eigenvalue weighted by Crippen LogP contribution is 2.13. The van der Waals surface area contributed by atoms with Gasteiger partial charge in [-0.2, -0.15) is 13.2 Å². The first kappa shape index (κ1) is 17.9. The van der Waals surface area contributed by atoms with E-state index in [1.807, 2.05) is 18.7 Å². The molecular weight excluding hydrogens is 329 g/mol. The van der Waals surface area contributed by atoms with Gasteiger partial charge in [0.05, 0.1) is 6.33 Å². The van der Waals surface area contributed by atoms with Crippen molar-refractivity contribution >= 4 is 21.9 Å². The molecule has 4 nitrogen and oxygen atoms in total. The summed E-state index contributed by atoms with van der Waals surface area (Å²) >= 11 is 3.42. The highest BCUT2D eigenvalue weighted by atomic mass is 79.9. The Bertz CT molecular complexity index is 342. The number of aryl methyl sites for hydroxylation is 1. The van der Waals surface area contributed by atoms with Crippen LogP contribution in [0.4, 0.5) is 13.2 Å². The van der Waals surface area contributed by atoms with Crippen LogP contribution in [-0.4, -0.2) is 32.1 Å². The van der Waals surface area contributed by atoms with E-state index in [0.29, 0.717) is 0 Å². The van der Waals surface area contributed by atoms with Crippen LogP contribution in [0.3, 0.4) is 0 Å². The van der Waals surface area contributed by atoms with E-state index in [2.05, 4.69) is 25.5 Å². The number of imidazole rings is 1. The number of nitrogens with zero attached hydrogens (tertiary/aromatic N) is 2. The van der Waals surface area contributed by atoms with E-state index >= 15 is 0 Å². The van der Waals surface area contributed by atoms with Gasteiger partial charge in [0.15, 0.2) is 0 Å². The topological polar surface area (TPSA) is 55.1 Å². The predicted molar refractivity (Wildman–Crippen MR) is 68.2 cm³/mol. The second-order valence-electron chi connectivity index (χ2n) is 3.71. The molecular formula is C11H16BrF3N2O2. The summed E-state index contributed by atoms with van der Waals surface area (Å²) in [4.78, 5) is 12.9. The molecule has 0 bridgehead atoms. The molecule has 1 heterocycles. The minimum Gasteiger partial charge on any atom is -0.475 e. The van der Waals surface area contributed by atoms with Gasteiger partial charge >= 0.3 is 12.1 Å². The number of rotatable bonds is 6. The van der Waals surface area contributed by atoms with E-state index in [4.69, 9.17) is 9.90 Å². The lowest BCUT2D eigenvalue weighted by Crippen LogP contribution is -2.21. The van der Waals surface area contributed by atoms with Crippen LogP contribution < -0.4 is 0 Å². The first-order valence-electron chi connectivity index (χ1n) is 5.69. The first-order chi connectivity index (χ1) is 8.88. The quantitative estimate of drug-likeness (QED) is 0.635. The Morgan fingerprint density at radius 3 is 2.26 bits per heavy atom. The average Bonchev–Trinajstić information content (AvgIpc) is 2.81. The highest BCUT2D eigenvalue weighted by molar-refractivity contribution is 9.09. The Hall–Kier alpha value is -1.05. The number of carbonyl (C=O) groups is 1. The molecule has 0 aromatic carbocycles. The summed E-state index contributed by atoms with van der Waals surface area (Å²) in [6, 6.07) is 0. The van der Waals surface area contributed by atoms with Gasteiger partial charge in [0.25, 0.3) is 0 Å². The summed E-state index contributed by atoms with van der Waals surface area (Å²) in [7, 11) is 0. The van der Waals surface area contributed by atoms with E-state index < -0.39 is 12.1 Å². The van der Waals surface area contributed by atoms with Gasteiger partial charge in [0.1, 0.15) is 0 Å². The molecule has 0 saturated heterocycles. The zero-order valence-electron chi connectivity index (χ0n) is 10.2. The van der Waals surface area contributed by atoms with Crippen molar-refractivity contribution in [3.8, 4) is 0 Å². The molecule has 1 rings (SSSR count). The van der Waals surface area contributed by atoms with Crippen molar-refractivity contribution in [1.82, 2.24) is 9.55 Å². The van der Waals surface area contributed by atoms with Crippen molar-refractivity contribution < 1.29 is 23.1 Å². The first-order valence-corrected chi connectivity index (χ1v) is 6.82. The Morgan fingerprint density at radius 2 is 1.84 bits per heavy atom. The molecule has 0 fully saturated rings. The Kier molecular flexibility index (Phi) is 9.28. The highest BCUT2D eigenvalue weighted by Gasteiger charge is 2.38. The standard InChI is InChI=1S/C9H15BrN2.C2HF3O2/c10-5-3-1-2-4-7-12-8-6-11-9-12;3-2(4,5)1(6)7/h6,8-9H,1-5,7H2;(H,6,7). The number of alkyl halides is 4. The zero-order chi connectivity index (χ0) is 14.7. The van der Waals surface area contributed by atoms with E-state index in [-0.39, 0.29) is 0 Å². The molecule has 1 aromatic heterocycles. The zero-order valence-corrected chi connectivity index (χ0v) is 11.8. The number of aliphatic carboxylic acids is 1. The van der Waals surface area contributed by atoms with Gasteiger partial charge in [-0.1, -0.05) is 28.8 Å². The van der Waals surface area contributed by atoms with Crippen LogP contribution >= 0.6 is 15.9 Å². The average molecular weight is 345 g/mol. The second-order valence-corrected chi connectivity index (χ2v) is 4.50. The van der Waals surface area contributed by atoms with Crippen molar-refractivity contribution in [2.45, 2.75) is 38.4 Å². The van der Waals surface area contributed by atoms with Crippen LogP contribution in [0.1, 0.15) is 25.7 Å². The van der Waals surface area contributed by atoms with Crippen LogP contribution in [0.25, 0.3) is 0 Å². The van der Waals surface area contributed by atoms with Gasteiger partial charge in [-0.3, -0.25) is 0 Å². The molecule has 8 heteroatoms. The van der Waals surface area contributed by atoms with Crippen molar-refractivity contribution in [2.24, 2.45) is 0 Å². The molecule has 0 unspecified atom stereocenters. The van der Waals surface area contributed by atoms with E-state index in [0.717, 1.165) is 11.9 Å². The van der Waals surface area contributed by atoms with Crippen molar-refractivity contribution in [3.05, 3.63) is 18.7 Å². The Labute approximate surface area is 117 Å². The van der Waals surface area contributed by atoms with Crippen LogP contribution in [0.5, 0.6) is 0 Å². The van der Waals surface area contributed by atoms with Crippen LogP contribution in [0.15, 0.2) is 18.7 Å². The smallest absolute Gasteiger partial charge is 0.475 e. The molecule has 1 aromatic rings. The molecule has 0 aliphatic rings. The summed E-state index contributed by atoms with van der Waals surface area (Å²) < 4.78 is 33.9. The number of unbranched alkanes of at least 4 members (excludes halogenated alkanes) is 3. The molecule has 0 saturated carbocycles. The third-order valence-corrected chi connectivity index (χ3v) is 2.66. The molecule has 0 amide bonds. The van der Waals surface area contributed by atoms with Crippen molar-refractivity contribution in [3.63, 3.8) is 0 Å². The number of halogens is 4. The fourth-order valence-corrected chi connectivity index (χ4v) is 1.56. The molecule has 0 spiro atoms. The summed E-state index contributed by atoms with van der Waals surface area (Å²) in [6.45, 7) is 1.11. The monoisotopic (exact) mass is 344 g/mol.